The molecule has 82 valence electrons. The summed E-state index contributed by atoms with van der Waals surface area (Å²) in [5, 5.41) is 1.20. The molecule has 0 atom stereocenters. The number of ketones is 1. The molecule has 0 aliphatic heterocycles. The largest absolute Gasteiger partial charge is 0.347 e. The van der Waals surface area contributed by atoms with E-state index < -0.39 is 0 Å². The second-order valence-electron chi connectivity index (χ2n) is 3.83. The van der Waals surface area contributed by atoms with E-state index in [-0.39, 0.29) is 5.78 Å². The van der Waals surface area contributed by atoms with Gasteiger partial charge in [0.25, 0.3) is 0 Å². The fourth-order valence-electron chi connectivity index (χ4n) is 1.88. The standard InChI is InChI=1S/C14H15NO/c1-3-15-10-12(9-8-11(2)16)13-6-4-5-7-14(13)15/h4-10H,3H2,1-2H3/b9-8+. The van der Waals surface area contributed by atoms with Crippen LogP contribution in [0.15, 0.2) is 36.5 Å². The van der Waals surface area contributed by atoms with Gasteiger partial charge in [-0.3, -0.25) is 4.79 Å². The van der Waals surface area contributed by atoms with Gasteiger partial charge in [0.05, 0.1) is 0 Å². The Morgan fingerprint density at radius 1 is 1.38 bits per heavy atom. The summed E-state index contributed by atoms with van der Waals surface area (Å²) in [5.74, 6) is 0.0772. The van der Waals surface area contributed by atoms with E-state index >= 15 is 0 Å². The molecule has 2 nitrogen and oxygen atoms in total. The molecule has 0 radical (unpaired) electrons. The van der Waals surface area contributed by atoms with Crippen LogP contribution < -0.4 is 0 Å². The van der Waals surface area contributed by atoms with Crippen LogP contribution in [0.4, 0.5) is 0 Å². The Balaban J connectivity index is 2.57. The Morgan fingerprint density at radius 3 is 2.81 bits per heavy atom. The Hall–Kier alpha value is -1.83. The molecule has 1 aromatic carbocycles. The highest BCUT2D eigenvalue weighted by Crippen LogP contribution is 2.22. The molecule has 1 aromatic heterocycles. The first-order chi connectivity index (χ1) is 7.72. The zero-order valence-electron chi connectivity index (χ0n) is 9.60. The molecule has 0 unspecified atom stereocenters. The summed E-state index contributed by atoms with van der Waals surface area (Å²) in [5.41, 5.74) is 2.32. The summed E-state index contributed by atoms with van der Waals surface area (Å²) in [6.45, 7) is 4.62. The molecule has 0 amide bonds. The topological polar surface area (TPSA) is 22.0 Å². The number of benzene rings is 1. The van der Waals surface area contributed by atoms with Gasteiger partial charge < -0.3 is 4.57 Å². The summed E-state index contributed by atoms with van der Waals surface area (Å²) < 4.78 is 2.19. The quantitative estimate of drug-likeness (QED) is 0.717. The van der Waals surface area contributed by atoms with Crippen molar-refractivity contribution in [2.75, 3.05) is 0 Å². The fraction of sp³-hybridized carbons (Fsp3) is 0.214. The molecule has 0 bridgehead atoms. The van der Waals surface area contributed by atoms with Crippen molar-refractivity contribution in [1.82, 2.24) is 4.57 Å². The number of hydrogen-bond acceptors (Lipinski definition) is 1. The van der Waals surface area contributed by atoms with Crippen molar-refractivity contribution in [2.45, 2.75) is 20.4 Å². The van der Waals surface area contributed by atoms with Crippen LogP contribution in [0.2, 0.25) is 0 Å². The van der Waals surface area contributed by atoms with Crippen LogP contribution in [0.1, 0.15) is 19.4 Å². The third-order valence-electron chi connectivity index (χ3n) is 2.66. The molecule has 0 fully saturated rings. The minimum Gasteiger partial charge on any atom is -0.347 e. The van der Waals surface area contributed by atoms with Crippen LogP contribution in [0.5, 0.6) is 0 Å². The Morgan fingerprint density at radius 2 is 2.12 bits per heavy atom. The maximum atomic E-state index is 10.9. The van der Waals surface area contributed by atoms with Crippen molar-refractivity contribution in [3.05, 3.63) is 42.1 Å². The smallest absolute Gasteiger partial charge is 0.152 e. The monoisotopic (exact) mass is 213 g/mol. The van der Waals surface area contributed by atoms with Crippen LogP contribution in [0.3, 0.4) is 0 Å². The van der Waals surface area contributed by atoms with Crippen molar-refractivity contribution in [3.8, 4) is 0 Å². The molecule has 0 aliphatic rings. The van der Waals surface area contributed by atoms with Gasteiger partial charge in [-0.05, 0) is 32.1 Å². The Labute approximate surface area is 95.2 Å². The number of hydrogen-bond donors (Lipinski definition) is 0. The van der Waals surface area contributed by atoms with Gasteiger partial charge in [-0.15, -0.1) is 0 Å². The molecule has 16 heavy (non-hydrogen) atoms. The highest BCUT2D eigenvalue weighted by molar-refractivity contribution is 5.96. The molecule has 0 saturated heterocycles. The van der Waals surface area contributed by atoms with E-state index in [1.807, 2.05) is 18.2 Å². The van der Waals surface area contributed by atoms with Gasteiger partial charge in [0, 0.05) is 29.2 Å². The number of aromatic nitrogens is 1. The minimum atomic E-state index is 0.0772. The first kappa shape index (κ1) is 10.7. The van der Waals surface area contributed by atoms with E-state index in [4.69, 9.17) is 0 Å². The lowest BCUT2D eigenvalue weighted by Gasteiger charge is -1.97. The molecule has 2 aromatic rings. The van der Waals surface area contributed by atoms with Gasteiger partial charge in [0.2, 0.25) is 0 Å². The number of fused-ring (bicyclic) bond motifs is 1. The number of allylic oxidation sites excluding steroid dienone is 1. The second-order valence-corrected chi connectivity index (χ2v) is 3.83. The summed E-state index contributed by atoms with van der Waals surface area (Å²) in [7, 11) is 0. The first-order valence-electron chi connectivity index (χ1n) is 5.49. The van der Waals surface area contributed by atoms with E-state index in [2.05, 4.69) is 29.8 Å². The summed E-state index contributed by atoms with van der Waals surface area (Å²) >= 11 is 0. The molecule has 0 spiro atoms. The lowest BCUT2D eigenvalue weighted by atomic mass is 10.1. The number of carbonyl (C=O) groups excluding carboxylic acids is 1. The number of carbonyl (C=O) groups is 1. The van der Waals surface area contributed by atoms with E-state index in [0.717, 1.165) is 12.1 Å². The number of para-hydroxylation sites is 1. The Bertz CT molecular complexity index is 549. The van der Waals surface area contributed by atoms with Crippen LogP contribution in [0, 0.1) is 0 Å². The summed E-state index contributed by atoms with van der Waals surface area (Å²) in [6, 6.07) is 8.24. The molecule has 2 rings (SSSR count). The van der Waals surface area contributed by atoms with Gasteiger partial charge in [0.1, 0.15) is 0 Å². The summed E-state index contributed by atoms with van der Waals surface area (Å²) in [6.07, 6.45) is 5.59. The molecule has 0 N–H and O–H groups in total. The molecule has 2 heteroatoms. The van der Waals surface area contributed by atoms with E-state index in [9.17, 15) is 4.79 Å². The maximum absolute atomic E-state index is 10.9. The summed E-state index contributed by atoms with van der Waals surface area (Å²) in [4.78, 5) is 10.9. The van der Waals surface area contributed by atoms with E-state index in [1.165, 1.54) is 10.9 Å². The SMILES string of the molecule is CCn1cc(/C=C/C(C)=O)c2ccccc21. The number of rotatable bonds is 3. The predicted molar refractivity (Wildman–Crippen MR) is 67.3 cm³/mol. The lowest BCUT2D eigenvalue weighted by Crippen LogP contribution is -1.89. The third kappa shape index (κ3) is 1.91. The zero-order valence-corrected chi connectivity index (χ0v) is 9.60. The fourth-order valence-corrected chi connectivity index (χ4v) is 1.88. The van der Waals surface area contributed by atoms with Gasteiger partial charge in [0.15, 0.2) is 5.78 Å². The normalized spacial score (nSPS) is 11.4. The van der Waals surface area contributed by atoms with Crippen LogP contribution >= 0.6 is 0 Å². The van der Waals surface area contributed by atoms with Crippen LogP contribution in [-0.4, -0.2) is 10.4 Å². The van der Waals surface area contributed by atoms with Crippen molar-refractivity contribution >= 4 is 22.8 Å². The van der Waals surface area contributed by atoms with E-state index in [0.29, 0.717) is 0 Å². The zero-order chi connectivity index (χ0) is 11.5. The molecular formula is C14H15NO. The molecule has 1 heterocycles. The molecule has 0 saturated carbocycles. The van der Waals surface area contributed by atoms with Gasteiger partial charge in [-0.25, -0.2) is 0 Å². The second kappa shape index (κ2) is 4.35. The Kier molecular flexibility index (Phi) is 2.91. The lowest BCUT2D eigenvalue weighted by molar-refractivity contribution is -0.112. The first-order valence-corrected chi connectivity index (χ1v) is 5.49. The van der Waals surface area contributed by atoms with Gasteiger partial charge in [-0.2, -0.15) is 0 Å². The minimum absolute atomic E-state index is 0.0772. The van der Waals surface area contributed by atoms with Crippen molar-refractivity contribution in [2.24, 2.45) is 0 Å². The number of nitrogens with zero attached hydrogens (tertiary/aromatic N) is 1. The number of aryl methyl sites for hydroxylation is 1. The van der Waals surface area contributed by atoms with Crippen molar-refractivity contribution in [3.63, 3.8) is 0 Å². The van der Waals surface area contributed by atoms with Gasteiger partial charge in [-0.1, -0.05) is 18.2 Å². The average molecular weight is 213 g/mol. The third-order valence-corrected chi connectivity index (χ3v) is 2.66. The highest BCUT2D eigenvalue weighted by Gasteiger charge is 2.03. The molecule has 0 aliphatic carbocycles. The average Bonchev–Trinajstić information content (AvgIpc) is 2.65. The highest BCUT2D eigenvalue weighted by atomic mass is 16.1. The molecular weight excluding hydrogens is 198 g/mol. The van der Waals surface area contributed by atoms with Crippen LogP contribution in [0.25, 0.3) is 17.0 Å². The van der Waals surface area contributed by atoms with Crippen molar-refractivity contribution in [1.29, 1.82) is 0 Å². The predicted octanol–water partition coefficient (Wildman–Crippen LogP) is 3.26. The van der Waals surface area contributed by atoms with Crippen LogP contribution in [-0.2, 0) is 11.3 Å². The van der Waals surface area contributed by atoms with E-state index in [1.54, 1.807) is 13.0 Å². The maximum Gasteiger partial charge on any atom is 0.152 e. The van der Waals surface area contributed by atoms with Gasteiger partial charge >= 0.3 is 0 Å². The van der Waals surface area contributed by atoms with Crippen molar-refractivity contribution < 1.29 is 4.79 Å².